The van der Waals surface area contributed by atoms with Crippen molar-refractivity contribution < 1.29 is 30.0 Å². The highest BCUT2D eigenvalue weighted by Gasteiger charge is 2.42. The van der Waals surface area contributed by atoms with Crippen LogP contribution in [0, 0.1) is 0 Å². The summed E-state index contributed by atoms with van der Waals surface area (Å²) in [6.45, 7) is -0.0427. The number of aliphatic hydroxyl groups is 1. The van der Waals surface area contributed by atoms with Crippen molar-refractivity contribution in [3.63, 3.8) is 0 Å². The molecule has 0 saturated carbocycles. The third-order valence-corrected chi connectivity index (χ3v) is 4.11. The van der Waals surface area contributed by atoms with Crippen molar-refractivity contribution in [2.24, 2.45) is 0 Å². The van der Waals surface area contributed by atoms with Crippen LogP contribution in [-0.4, -0.2) is 49.4 Å². The lowest BCUT2D eigenvalue weighted by Gasteiger charge is -2.35. The molecule has 0 spiro atoms. The molecule has 0 radical (unpaired) electrons. The van der Waals surface area contributed by atoms with Crippen LogP contribution in [0.1, 0.15) is 28.8 Å². The second kappa shape index (κ2) is 4.67. The van der Waals surface area contributed by atoms with Crippen LogP contribution in [0.3, 0.4) is 0 Å². The predicted octanol–water partition coefficient (Wildman–Crippen LogP) is -1.06. The minimum Gasteiger partial charge on any atom is -0.504 e. The first-order chi connectivity index (χ1) is 10.3. The average molecular weight is 309 g/mol. The highest BCUT2D eigenvalue weighted by Crippen LogP contribution is 2.48. The summed E-state index contributed by atoms with van der Waals surface area (Å²) in [4.78, 5) is 24.9. The number of carbonyl (C=O) groups excluding carboxylic acids is 2. The third kappa shape index (κ3) is 1.82. The van der Waals surface area contributed by atoms with E-state index in [9.17, 15) is 30.0 Å². The van der Waals surface area contributed by atoms with E-state index >= 15 is 0 Å². The van der Waals surface area contributed by atoms with Gasteiger partial charge in [-0.05, 0) is 6.42 Å². The number of piperidine rings is 1. The molecule has 1 fully saturated rings. The molecule has 1 saturated heterocycles. The van der Waals surface area contributed by atoms with Gasteiger partial charge in [-0.25, -0.2) is 0 Å². The van der Waals surface area contributed by atoms with Gasteiger partial charge in [0.2, 0.25) is 11.7 Å². The van der Waals surface area contributed by atoms with Crippen LogP contribution >= 0.6 is 0 Å². The number of anilines is 1. The molecule has 2 unspecified atom stereocenters. The number of rotatable bonds is 1. The van der Waals surface area contributed by atoms with Gasteiger partial charge in [0, 0.05) is 18.5 Å². The number of aliphatic hydroxyl groups excluding tert-OH is 1. The minimum absolute atomic E-state index is 0.0427. The number of hydrogen-bond acceptors (Lipinski definition) is 7. The smallest absolute Gasteiger partial charge is 0.258 e. The number of nitrogens with one attached hydrogen (secondary N) is 1. The lowest BCUT2D eigenvalue weighted by molar-refractivity contribution is -0.129. The maximum atomic E-state index is 12.5. The van der Waals surface area contributed by atoms with E-state index in [1.165, 1.54) is 4.90 Å². The number of amides is 2. The first-order valence-corrected chi connectivity index (χ1v) is 6.66. The van der Waals surface area contributed by atoms with Gasteiger partial charge in [0.25, 0.3) is 5.91 Å². The van der Waals surface area contributed by atoms with Gasteiger partial charge in [-0.15, -0.1) is 0 Å². The van der Waals surface area contributed by atoms with Crippen molar-refractivity contribution in [3.8, 4) is 17.2 Å². The van der Waals surface area contributed by atoms with Gasteiger partial charge in [0.05, 0.1) is 17.3 Å². The van der Waals surface area contributed by atoms with Crippen molar-refractivity contribution in [1.29, 1.82) is 0 Å². The summed E-state index contributed by atoms with van der Waals surface area (Å²) in [6.07, 6.45) is -0.824. The molecule has 1 aromatic rings. The summed E-state index contributed by atoms with van der Waals surface area (Å²) in [5.41, 5.74) is 5.47. The molecule has 0 bridgehead atoms. The topological polar surface area (TPSA) is 156 Å². The number of phenols is 3. The Labute approximate surface area is 124 Å². The minimum atomic E-state index is -1.23. The number of carbonyl (C=O) groups is 2. The molecule has 2 amide bonds. The molecule has 9 heteroatoms. The second-order valence-corrected chi connectivity index (χ2v) is 5.36. The largest absolute Gasteiger partial charge is 0.504 e. The quantitative estimate of drug-likeness (QED) is 0.219. The number of nitrogen functional groups attached to an aromatic ring is 1. The molecular weight excluding hydrogens is 294 g/mol. The van der Waals surface area contributed by atoms with E-state index in [0.29, 0.717) is 0 Å². The summed E-state index contributed by atoms with van der Waals surface area (Å²) < 4.78 is 0. The van der Waals surface area contributed by atoms with E-state index in [-0.39, 0.29) is 42.1 Å². The SMILES string of the molecule is Nc1c(O)c(O)c(O)c2c1CN(C1CCC(=O)NC1O)C2=O. The maximum absolute atomic E-state index is 12.5. The van der Waals surface area contributed by atoms with Crippen LogP contribution in [0.4, 0.5) is 5.69 Å². The maximum Gasteiger partial charge on any atom is 0.258 e. The highest BCUT2D eigenvalue weighted by atomic mass is 16.3. The van der Waals surface area contributed by atoms with Crippen LogP contribution in [-0.2, 0) is 11.3 Å². The summed E-state index contributed by atoms with van der Waals surface area (Å²) in [5, 5.41) is 41.4. The number of phenolic OH excluding ortho intramolecular Hbond substituents is 3. The second-order valence-electron chi connectivity index (χ2n) is 5.36. The highest BCUT2D eigenvalue weighted by molar-refractivity contribution is 6.04. The molecule has 1 aromatic carbocycles. The summed E-state index contributed by atoms with van der Waals surface area (Å²) in [5.74, 6) is -3.24. The van der Waals surface area contributed by atoms with Crippen molar-refractivity contribution in [3.05, 3.63) is 11.1 Å². The van der Waals surface area contributed by atoms with Crippen LogP contribution in [0.2, 0.25) is 0 Å². The molecule has 0 aliphatic carbocycles. The first-order valence-electron chi connectivity index (χ1n) is 6.66. The van der Waals surface area contributed by atoms with Gasteiger partial charge in [0.15, 0.2) is 11.5 Å². The lowest BCUT2D eigenvalue weighted by atomic mass is 10.0. The number of aromatic hydroxyl groups is 3. The van der Waals surface area contributed by atoms with Gasteiger partial charge in [-0.2, -0.15) is 0 Å². The van der Waals surface area contributed by atoms with E-state index in [0.717, 1.165) is 0 Å². The molecule has 118 valence electrons. The Kier molecular flexibility index (Phi) is 3.03. The van der Waals surface area contributed by atoms with E-state index in [1.54, 1.807) is 0 Å². The molecule has 2 heterocycles. The third-order valence-electron chi connectivity index (χ3n) is 4.11. The van der Waals surface area contributed by atoms with E-state index < -0.39 is 35.4 Å². The standard InChI is InChI=1S/C13H15N3O6/c14-8-4-3-16(5-1-2-6(17)15-12(5)21)13(22)7(4)9(18)11(20)10(8)19/h5,12,18-21H,1-3,14H2,(H,15,17). The fraction of sp³-hybridized carbons (Fsp3) is 0.385. The monoisotopic (exact) mass is 309 g/mol. The molecule has 3 rings (SSSR count). The van der Waals surface area contributed by atoms with E-state index in [2.05, 4.69) is 5.32 Å². The number of hydrogen-bond donors (Lipinski definition) is 6. The average Bonchev–Trinajstić information content (AvgIpc) is 2.81. The molecule has 9 nitrogen and oxygen atoms in total. The first kappa shape index (κ1) is 14.3. The molecule has 0 aromatic heterocycles. The molecule has 2 aliphatic rings. The fourth-order valence-corrected chi connectivity index (χ4v) is 2.92. The summed E-state index contributed by atoms with van der Waals surface area (Å²) >= 11 is 0. The normalized spacial score (nSPS) is 24.3. The number of nitrogens with zero attached hydrogens (tertiary/aromatic N) is 1. The fourth-order valence-electron chi connectivity index (χ4n) is 2.92. The van der Waals surface area contributed by atoms with Gasteiger partial charge in [-0.3, -0.25) is 9.59 Å². The number of fused-ring (bicyclic) bond motifs is 1. The Hall–Kier alpha value is -2.68. The number of nitrogens with two attached hydrogens (primary N) is 1. The van der Waals surface area contributed by atoms with Gasteiger partial charge in [0.1, 0.15) is 6.23 Å². The van der Waals surface area contributed by atoms with Crippen molar-refractivity contribution in [1.82, 2.24) is 10.2 Å². The zero-order valence-corrected chi connectivity index (χ0v) is 11.4. The summed E-state index contributed by atoms with van der Waals surface area (Å²) in [7, 11) is 0. The lowest BCUT2D eigenvalue weighted by Crippen LogP contribution is -2.55. The van der Waals surface area contributed by atoms with Gasteiger partial charge >= 0.3 is 0 Å². The molecule has 2 atom stereocenters. The Bertz CT molecular complexity index is 689. The van der Waals surface area contributed by atoms with Gasteiger partial charge < -0.3 is 36.4 Å². The van der Waals surface area contributed by atoms with Crippen LogP contribution in [0.25, 0.3) is 0 Å². The van der Waals surface area contributed by atoms with Crippen molar-refractivity contribution in [2.75, 3.05) is 5.73 Å². The van der Waals surface area contributed by atoms with E-state index in [1.807, 2.05) is 0 Å². The van der Waals surface area contributed by atoms with Crippen LogP contribution in [0.15, 0.2) is 0 Å². The van der Waals surface area contributed by atoms with E-state index in [4.69, 9.17) is 5.73 Å². The van der Waals surface area contributed by atoms with Crippen molar-refractivity contribution >= 4 is 17.5 Å². The molecule has 2 aliphatic heterocycles. The molecule has 22 heavy (non-hydrogen) atoms. The predicted molar refractivity (Wildman–Crippen MR) is 72.9 cm³/mol. The van der Waals surface area contributed by atoms with Crippen molar-refractivity contribution in [2.45, 2.75) is 31.7 Å². The summed E-state index contributed by atoms with van der Waals surface area (Å²) in [6, 6.07) is -0.680. The van der Waals surface area contributed by atoms with Crippen LogP contribution < -0.4 is 11.1 Å². The van der Waals surface area contributed by atoms with Gasteiger partial charge in [-0.1, -0.05) is 0 Å². The molecular formula is C13H15N3O6. The molecule has 7 N–H and O–H groups in total. The Morgan fingerprint density at radius 2 is 1.82 bits per heavy atom. The zero-order valence-electron chi connectivity index (χ0n) is 11.4. The Morgan fingerprint density at radius 1 is 1.14 bits per heavy atom. The Morgan fingerprint density at radius 3 is 2.45 bits per heavy atom. The Balaban J connectivity index is 2.00. The zero-order chi connectivity index (χ0) is 16.2. The van der Waals surface area contributed by atoms with Crippen LogP contribution in [0.5, 0.6) is 17.2 Å². The number of benzene rings is 1.